The first kappa shape index (κ1) is 12.3. The van der Waals surface area contributed by atoms with Crippen molar-refractivity contribution >= 4 is 5.91 Å². The normalized spacial score (nSPS) is 19.3. The fraction of sp³-hybridized carbons (Fsp3) is 0.900. The van der Waals surface area contributed by atoms with Crippen LogP contribution in [0.5, 0.6) is 0 Å². The standard InChI is InChI=1S/C10H16F3NO/c1-8-3-6-14(7-4-8)9(15)2-5-10(11,12)13/h8H,2-7H2,1H3. The van der Waals surface area contributed by atoms with Crippen LogP contribution < -0.4 is 0 Å². The third-order valence-corrected chi connectivity index (χ3v) is 2.76. The molecule has 1 rings (SSSR count). The summed E-state index contributed by atoms with van der Waals surface area (Å²) in [5, 5.41) is 0. The van der Waals surface area contributed by atoms with Gasteiger partial charge in [-0.05, 0) is 18.8 Å². The summed E-state index contributed by atoms with van der Waals surface area (Å²) in [7, 11) is 0. The molecular weight excluding hydrogens is 207 g/mol. The van der Waals surface area contributed by atoms with E-state index in [1.54, 1.807) is 4.90 Å². The molecule has 0 N–H and O–H groups in total. The first-order chi connectivity index (χ1) is 6.88. The fourth-order valence-electron chi connectivity index (χ4n) is 1.66. The number of halogens is 3. The zero-order valence-corrected chi connectivity index (χ0v) is 8.81. The molecule has 0 spiro atoms. The Kier molecular flexibility index (Phi) is 3.99. The number of amides is 1. The zero-order chi connectivity index (χ0) is 11.5. The lowest BCUT2D eigenvalue weighted by atomic mass is 9.99. The molecule has 0 aliphatic carbocycles. The molecule has 2 nitrogen and oxygen atoms in total. The van der Waals surface area contributed by atoms with E-state index in [4.69, 9.17) is 0 Å². The van der Waals surface area contributed by atoms with Gasteiger partial charge in [0, 0.05) is 19.5 Å². The first-order valence-electron chi connectivity index (χ1n) is 5.23. The van der Waals surface area contributed by atoms with Crippen LogP contribution in [0.25, 0.3) is 0 Å². The smallest absolute Gasteiger partial charge is 0.343 e. The summed E-state index contributed by atoms with van der Waals surface area (Å²) in [5.41, 5.74) is 0. The van der Waals surface area contributed by atoms with Crippen LogP contribution in [0.3, 0.4) is 0 Å². The highest BCUT2D eigenvalue weighted by Crippen LogP contribution is 2.23. The number of rotatable bonds is 2. The van der Waals surface area contributed by atoms with E-state index in [2.05, 4.69) is 6.92 Å². The van der Waals surface area contributed by atoms with E-state index in [1.165, 1.54) is 0 Å². The minimum Gasteiger partial charge on any atom is -0.343 e. The Labute approximate surface area is 87.4 Å². The number of likely N-dealkylation sites (tertiary alicyclic amines) is 1. The molecule has 0 saturated carbocycles. The Morgan fingerprint density at radius 3 is 2.33 bits per heavy atom. The van der Waals surface area contributed by atoms with Crippen molar-refractivity contribution in [2.75, 3.05) is 13.1 Å². The molecule has 15 heavy (non-hydrogen) atoms. The average molecular weight is 223 g/mol. The number of hydrogen-bond donors (Lipinski definition) is 0. The number of carbonyl (C=O) groups is 1. The molecule has 5 heteroatoms. The molecule has 1 amide bonds. The minimum atomic E-state index is -4.22. The van der Waals surface area contributed by atoms with Crippen molar-refractivity contribution in [3.63, 3.8) is 0 Å². The van der Waals surface area contributed by atoms with Gasteiger partial charge >= 0.3 is 6.18 Å². The third kappa shape index (κ3) is 4.53. The molecule has 1 saturated heterocycles. The summed E-state index contributed by atoms with van der Waals surface area (Å²) < 4.78 is 35.6. The van der Waals surface area contributed by atoms with Crippen LogP contribution in [0.1, 0.15) is 32.6 Å². The molecule has 1 fully saturated rings. The maximum atomic E-state index is 11.9. The van der Waals surface area contributed by atoms with E-state index >= 15 is 0 Å². The highest BCUT2D eigenvalue weighted by Gasteiger charge is 2.29. The molecule has 1 heterocycles. The third-order valence-electron chi connectivity index (χ3n) is 2.76. The van der Waals surface area contributed by atoms with Gasteiger partial charge in [0.05, 0.1) is 6.42 Å². The SMILES string of the molecule is CC1CCN(C(=O)CCC(F)(F)F)CC1. The monoisotopic (exact) mass is 223 g/mol. The van der Waals surface area contributed by atoms with Gasteiger partial charge in [-0.2, -0.15) is 13.2 Å². The Morgan fingerprint density at radius 1 is 1.33 bits per heavy atom. The summed E-state index contributed by atoms with van der Waals surface area (Å²) in [5.74, 6) is 0.218. The summed E-state index contributed by atoms with van der Waals surface area (Å²) >= 11 is 0. The van der Waals surface area contributed by atoms with Gasteiger partial charge < -0.3 is 4.90 Å². The second-order valence-electron chi connectivity index (χ2n) is 4.18. The lowest BCUT2D eigenvalue weighted by Crippen LogP contribution is -2.38. The van der Waals surface area contributed by atoms with Crippen molar-refractivity contribution in [1.29, 1.82) is 0 Å². The average Bonchev–Trinajstić information content (AvgIpc) is 2.14. The Morgan fingerprint density at radius 2 is 1.87 bits per heavy atom. The fourth-order valence-corrected chi connectivity index (χ4v) is 1.66. The van der Waals surface area contributed by atoms with Crippen molar-refractivity contribution in [3.8, 4) is 0 Å². The van der Waals surface area contributed by atoms with E-state index in [9.17, 15) is 18.0 Å². The van der Waals surface area contributed by atoms with Gasteiger partial charge in [0.1, 0.15) is 0 Å². The van der Waals surface area contributed by atoms with Crippen molar-refractivity contribution in [2.24, 2.45) is 5.92 Å². The second kappa shape index (κ2) is 4.86. The predicted octanol–water partition coefficient (Wildman–Crippen LogP) is 2.59. The number of hydrogen-bond acceptors (Lipinski definition) is 1. The van der Waals surface area contributed by atoms with Crippen molar-refractivity contribution < 1.29 is 18.0 Å². The van der Waals surface area contributed by atoms with E-state index < -0.39 is 19.0 Å². The summed E-state index contributed by atoms with van der Waals surface area (Å²) in [6.07, 6.45) is -3.83. The topological polar surface area (TPSA) is 20.3 Å². The van der Waals surface area contributed by atoms with Crippen molar-refractivity contribution in [2.45, 2.75) is 38.8 Å². The van der Waals surface area contributed by atoms with Gasteiger partial charge in [0.25, 0.3) is 0 Å². The van der Waals surface area contributed by atoms with E-state index in [1.807, 2.05) is 0 Å². The van der Waals surface area contributed by atoms with Crippen molar-refractivity contribution in [1.82, 2.24) is 4.90 Å². The number of piperidine rings is 1. The summed E-state index contributed by atoms with van der Waals surface area (Å²) in [6, 6.07) is 0. The summed E-state index contributed by atoms with van der Waals surface area (Å²) in [4.78, 5) is 12.9. The van der Waals surface area contributed by atoms with Crippen LogP contribution in [-0.2, 0) is 4.79 Å². The highest BCUT2D eigenvalue weighted by molar-refractivity contribution is 5.76. The van der Waals surface area contributed by atoms with Gasteiger partial charge in [-0.25, -0.2) is 0 Å². The Hall–Kier alpha value is -0.740. The lowest BCUT2D eigenvalue weighted by molar-refractivity contribution is -0.149. The van der Waals surface area contributed by atoms with Crippen molar-refractivity contribution in [3.05, 3.63) is 0 Å². The van der Waals surface area contributed by atoms with Crippen LogP contribution in [0, 0.1) is 5.92 Å². The quantitative estimate of drug-likeness (QED) is 0.704. The minimum absolute atomic E-state index is 0.362. The molecule has 1 aliphatic rings. The summed E-state index contributed by atoms with van der Waals surface area (Å²) in [6.45, 7) is 3.31. The maximum Gasteiger partial charge on any atom is 0.389 e. The van der Waals surface area contributed by atoms with Crippen LogP contribution >= 0.6 is 0 Å². The van der Waals surface area contributed by atoms with E-state index in [0.717, 1.165) is 12.8 Å². The molecule has 1 aliphatic heterocycles. The molecule has 88 valence electrons. The van der Waals surface area contributed by atoms with Crippen LogP contribution in [-0.4, -0.2) is 30.1 Å². The largest absolute Gasteiger partial charge is 0.389 e. The van der Waals surface area contributed by atoms with Gasteiger partial charge in [-0.1, -0.05) is 6.92 Å². The van der Waals surface area contributed by atoms with Crippen LogP contribution in [0.15, 0.2) is 0 Å². The molecule has 0 aromatic heterocycles. The molecule has 0 bridgehead atoms. The molecule has 0 aromatic rings. The van der Waals surface area contributed by atoms with Crippen LogP contribution in [0.2, 0.25) is 0 Å². The highest BCUT2D eigenvalue weighted by atomic mass is 19.4. The molecule has 0 unspecified atom stereocenters. The van der Waals surface area contributed by atoms with E-state index in [0.29, 0.717) is 19.0 Å². The van der Waals surface area contributed by atoms with Gasteiger partial charge in [-0.3, -0.25) is 4.79 Å². The Balaban J connectivity index is 2.29. The number of nitrogens with zero attached hydrogens (tertiary/aromatic N) is 1. The van der Waals surface area contributed by atoms with Crippen LogP contribution in [0.4, 0.5) is 13.2 Å². The zero-order valence-electron chi connectivity index (χ0n) is 8.81. The van der Waals surface area contributed by atoms with Gasteiger partial charge in [0.2, 0.25) is 5.91 Å². The Bertz CT molecular complexity index is 219. The lowest BCUT2D eigenvalue weighted by Gasteiger charge is -2.30. The number of alkyl halides is 3. The molecule has 0 radical (unpaired) electrons. The molecule has 0 atom stereocenters. The second-order valence-corrected chi connectivity index (χ2v) is 4.18. The predicted molar refractivity (Wildman–Crippen MR) is 50.3 cm³/mol. The van der Waals surface area contributed by atoms with E-state index in [-0.39, 0.29) is 5.91 Å². The first-order valence-corrected chi connectivity index (χ1v) is 5.23. The molecule has 0 aromatic carbocycles. The maximum absolute atomic E-state index is 11.9. The van der Waals surface area contributed by atoms with Gasteiger partial charge in [0.15, 0.2) is 0 Å². The number of carbonyl (C=O) groups excluding carboxylic acids is 1. The van der Waals surface area contributed by atoms with Gasteiger partial charge in [-0.15, -0.1) is 0 Å². The molecular formula is C10H16F3NO.